The number of esters is 1. The number of carbonyl (C=O) groups is 3. The highest BCUT2D eigenvalue weighted by molar-refractivity contribution is 5.89. The minimum atomic E-state index is -0.697. The fraction of sp³-hybridized carbons (Fsp3) is 0.300. The molecule has 2 amide bonds. The van der Waals surface area contributed by atoms with Crippen molar-refractivity contribution in [2.45, 2.75) is 37.8 Å². The van der Waals surface area contributed by atoms with Crippen LogP contribution < -0.4 is 10.1 Å². The van der Waals surface area contributed by atoms with Gasteiger partial charge in [0.15, 0.2) is 0 Å². The van der Waals surface area contributed by atoms with E-state index < -0.39 is 12.0 Å². The fourth-order valence-electron chi connectivity index (χ4n) is 4.43. The number of para-hydroxylation sites is 1. The summed E-state index contributed by atoms with van der Waals surface area (Å²) in [6.45, 7) is 0.790. The van der Waals surface area contributed by atoms with E-state index in [0.29, 0.717) is 26.0 Å². The van der Waals surface area contributed by atoms with E-state index in [1.807, 2.05) is 91.0 Å². The number of likely N-dealkylation sites (tertiary alicyclic amines) is 1. The Labute approximate surface area is 217 Å². The first-order valence-electron chi connectivity index (χ1n) is 12.6. The molecule has 4 rings (SSSR count). The maximum absolute atomic E-state index is 13.1. The van der Waals surface area contributed by atoms with E-state index in [9.17, 15) is 14.4 Å². The SMILES string of the molecule is O=C(CCCOc1ccccc1)NCC(=O)N1C[C@H](c2ccccc2)C[C@H]1C(=O)OCc1ccccc1. The number of hydrogen-bond acceptors (Lipinski definition) is 5. The molecule has 7 heteroatoms. The minimum absolute atomic E-state index is 0.0188. The number of benzene rings is 3. The number of nitrogens with zero attached hydrogens (tertiary/aromatic N) is 1. The van der Waals surface area contributed by atoms with Crippen molar-refractivity contribution in [2.24, 2.45) is 0 Å². The van der Waals surface area contributed by atoms with Crippen LogP contribution in [0.15, 0.2) is 91.0 Å². The Kier molecular flexibility index (Phi) is 9.29. The molecule has 37 heavy (non-hydrogen) atoms. The van der Waals surface area contributed by atoms with Gasteiger partial charge in [0, 0.05) is 18.9 Å². The zero-order chi connectivity index (χ0) is 25.9. The summed E-state index contributed by atoms with van der Waals surface area (Å²) in [5, 5.41) is 2.69. The predicted octanol–water partition coefficient (Wildman–Crippen LogP) is 4.09. The first-order valence-corrected chi connectivity index (χ1v) is 12.6. The average molecular weight is 501 g/mol. The third kappa shape index (κ3) is 7.67. The Morgan fingerprint density at radius 1 is 0.865 bits per heavy atom. The van der Waals surface area contributed by atoms with Gasteiger partial charge in [-0.2, -0.15) is 0 Å². The van der Waals surface area contributed by atoms with E-state index >= 15 is 0 Å². The van der Waals surface area contributed by atoms with Crippen molar-refractivity contribution in [1.82, 2.24) is 10.2 Å². The standard InChI is InChI=1S/C30H32N2O5/c33-28(17-10-18-36-26-15-8-3-9-16-26)31-20-29(34)32-21-25(24-13-6-2-7-14-24)19-27(32)30(35)37-22-23-11-4-1-5-12-23/h1-9,11-16,25,27H,10,17-22H2,(H,31,33)/t25-,27+/m1/s1. The quantitative estimate of drug-likeness (QED) is 0.317. The Morgan fingerprint density at radius 3 is 2.22 bits per heavy atom. The van der Waals surface area contributed by atoms with Crippen molar-refractivity contribution in [3.05, 3.63) is 102 Å². The van der Waals surface area contributed by atoms with Crippen LogP contribution in [0.5, 0.6) is 5.75 Å². The lowest BCUT2D eigenvalue weighted by molar-refractivity contribution is -0.154. The highest BCUT2D eigenvalue weighted by Gasteiger charge is 2.41. The summed E-state index contributed by atoms with van der Waals surface area (Å²) in [7, 11) is 0. The number of rotatable bonds is 11. The van der Waals surface area contributed by atoms with Crippen LogP contribution in [0.1, 0.15) is 36.3 Å². The Hall–Kier alpha value is -4.13. The lowest BCUT2D eigenvalue weighted by atomic mass is 9.96. The molecule has 1 fully saturated rings. The summed E-state index contributed by atoms with van der Waals surface area (Å²) < 4.78 is 11.2. The van der Waals surface area contributed by atoms with Crippen molar-refractivity contribution in [3.63, 3.8) is 0 Å². The van der Waals surface area contributed by atoms with Gasteiger partial charge in [0.2, 0.25) is 11.8 Å². The summed E-state index contributed by atoms with van der Waals surface area (Å²) in [5.41, 5.74) is 1.95. The molecule has 0 aromatic heterocycles. The van der Waals surface area contributed by atoms with Crippen LogP contribution in [-0.2, 0) is 25.7 Å². The van der Waals surface area contributed by atoms with Crippen LogP contribution in [-0.4, -0.2) is 48.4 Å². The van der Waals surface area contributed by atoms with Crippen LogP contribution in [0.25, 0.3) is 0 Å². The van der Waals surface area contributed by atoms with Gasteiger partial charge in [0.05, 0.1) is 13.2 Å². The monoisotopic (exact) mass is 500 g/mol. The molecule has 0 bridgehead atoms. The normalized spacial score (nSPS) is 16.7. The summed E-state index contributed by atoms with van der Waals surface area (Å²) >= 11 is 0. The lowest BCUT2D eigenvalue weighted by Crippen LogP contribution is -2.46. The molecule has 0 spiro atoms. The van der Waals surface area contributed by atoms with Crippen LogP contribution in [0.4, 0.5) is 0 Å². The Bertz CT molecular complexity index is 1150. The van der Waals surface area contributed by atoms with Crippen LogP contribution in [0, 0.1) is 0 Å². The molecule has 1 aliphatic rings. The molecule has 0 radical (unpaired) electrons. The number of nitrogens with one attached hydrogen (secondary N) is 1. The molecule has 1 heterocycles. The molecule has 2 atom stereocenters. The smallest absolute Gasteiger partial charge is 0.329 e. The molecule has 0 saturated carbocycles. The van der Waals surface area contributed by atoms with Gasteiger partial charge >= 0.3 is 5.97 Å². The van der Waals surface area contributed by atoms with Gasteiger partial charge in [-0.25, -0.2) is 4.79 Å². The zero-order valence-corrected chi connectivity index (χ0v) is 20.8. The maximum atomic E-state index is 13.1. The molecule has 3 aromatic carbocycles. The zero-order valence-electron chi connectivity index (χ0n) is 20.8. The lowest BCUT2D eigenvalue weighted by Gasteiger charge is -2.23. The average Bonchev–Trinajstić information content (AvgIpc) is 3.40. The maximum Gasteiger partial charge on any atom is 0.329 e. The molecule has 0 unspecified atom stereocenters. The second kappa shape index (κ2) is 13.3. The summed E-state index contributed by atoms with van der Waals surface area (Å²) in [6, 6.07) is 28.0. The van der Waals surface area contributed by atoms with Gasteiger partial charge in [0.1, 0.15) is 18.4 Å². The van der Waals surface area contributed by atoms with E-state index in [2.05, 4.69) is 5.32 Å². The van der Waals surface area contributed by atoms with Gasteiger partial charge in [-0.3, -0.25) is 9.59 Å². The van der Waals surface area contributed by atoms with E-state index in [1.165, 1.54) is 0 Å². The molecule has 7 nitrogen and oxygen atoms in total. The molecule has 1 N–H and O–H groups in total. The van der Waals surface area contributed by atoms with E-state index in [1.54, 1.807) is 4.90 Å². The molecule has 0 aliphatic carbocycles. The fourth-order valence-corrected chi connectivity index (χ4v) is 4.43. The van der Waals surface area contributed by atoms with Crippen LogP contribution in [0.3, 0.4) is 0 Å². The van der Waals surface area contributed by atoms with Gasteiger partial charge in [-0.05, 0) is 36.1 Å². The van der Waals surface area contributed by atoms with Gasteiger partial charge < -0.3 is 19.7 Å². The number of hydrogen-bond donors (Lipinski definition) is 1. The second-order valence-electron chi connectivity index (χ2n) is 9.04. The van der Waals surface area contributed by atoms with Gasteiger partial charge in [-0.15, -0.1) is 0 Å². The number of carbonyl (C=O) groups excluding carboxylic acids is 3. The molecule has 1 saturated heterocycles. The number of amides is 2. The van der Waals surface area contributed by atoms with Gasteiger partial charge in [-0.1, -0.05) is 78.9 Å². The highest BCUT2D eigenvalue weighted by atomic mass is 16.5. The molecular formula is C30H32N2O5. The van der Waals surface area contributed by atoms with Crippen LogP contribution in [0.2, 0.25) is 0 Å². The predicted molar refractivity (Wildman–Crippen MR) is 140 cm³/mol. The molecule has 1 aliphatic heterocycles. The van der Waals surface area contributed by atoms with E-state index in [4.69, 9.17) is 9.47 Å². The molecular weight excluding hydrogens is 468 g/mol. The van der Waals surface area contributed by atoms with Crippen molar-refractivity contribution in [1.29, 1.82) is 0 Å². The Morgan fingerprint density at radius 2 is 1.51 bits per heavy atom. The first kappa shape index (κ1) is 25.9. The van der Waals surface area contributed by atoms with Crippen molar-refractivity contribution in [3.8, 4) is 5.75 Å². The summed E-state index contributed by atoms with van der Waals surface area (Å²) in [6.07, 6.45) is 1.26. The third-order valence-corrected chi connectivity index (χ3v) is 6.39. The highest BCUT2D eigenvalue weighted by Crippen LogP contribution is 2.32. The first-order chi connectivity index (χ1) is 18.1. The largest absolute Gasteiger partial charge is 0.494 e. The molecule has 3 aromatic rings. The van der Waals surface area contributed by atoms with Crippen molar-refractivity contribution < 1.29 is 23.9 Å². The third-order valence-electron chi connectivity index (χ3n) is 6.39. The number of ether oxygens (including phenoxy) is 2. The van der Waals surface area contributed by atoms with Crippen molar-refractivity contribution in [2.75, 3.05) is 19.7 Å². The van der Waals surface area contributed by atoms with Gasteiger partial charge in [0.25, 0.3) is 0 Å². The Balaban J connectivity index is 1.29. The summed E-state index contributed by atoms with van der Waals surface area (Å²) in [4.78, 5) is 40.0. The van der Waals surface area contributed by atoms with E-state index in [-0.39, 0.29) is 37.3 Å². The second-order valence-corrected chi connectivity index (χ2v) is 9.04. The molecule has 192 valence electrons. The summed E-state index contributed by atoms with van der Waals surface area (Å²) in [5.74, 6) is -0.184. The van der Waals surface area contributed by atoms with Crippen molar-refractivity contribution >= 4 is 17.8 Å². The topological polar surface area (TPSA) is 84.9 Å². The minimum Gasteiger partial charge on any atom is -0.494 e. The van der Waals surface area contributed by atoms with E-state index in [0.717, 1.165) is 16.9 Å². The van der Waals surface area contributed by atoms with Crippen LogP contribution >= 0.6 is 0 Å².